The predicted molar refractivity (Wildman–Crippen MR) is 66.2 cm³/mol. The maximum Gasteiger partial charge on any atom is 0.416 e. The highest BCUT2D eigenvalue weighted by Crippen LogP contribution is 2.32. The van der Waals surface area contributed by atoms with E-state index in [0.29, 0.717) is 5.69 Å². The van der Waals surface area contributed by atoms with E-state index in [-0.39, 0.29) is 5.56 Å². The van der Waals surface area contributed by atoms with Gasteiger partial charge in [-0.3, -0.25) is 0 Å². The second kappa shape index (κ2) is 5.11. The summed E-state index contributed by atoms with van der Waals surface area (Å²) in [6, 6.07) is 2.92. The number of carbonyl (C=O) groups is 1. The van der Waals surface area contributed by atoms with Crippen molar-refractivity contribution in [2.75, 3.05) is 12.4 Å². The molecule has 0 saturated carbocycles. The molecule has 1 aromatic carbocycles. The van der Waals surface area contributed by atoms with Crippen LogP contribution in [0, 0.1) is 0 Å². The molecule has 0 bridgehead atoms. The zero-order chi connectivity index (χ0) is 14.8. The van der Waals surface area contributed by atoms with E-state index < -0.39 is 23.3 Å². The zero-order valence-electron chi connectivity index (χ0n) is 11.2. The van der Waals surface area contributed by atoms with Crippen molar-refractivity contribution < 1.29 is 22.7 Å². The molecule has 1 rings (SSSR count). The van der Waals surface area contributed by atoms with Gasteiger partial charge in [0.05, 0.1) is 11.1 Å². The minimum absolute atomic E-state index is 0.132. The molecule has 0 aliphatic carbocycles. The molecule has 0 unspecified atom stereocenters. The Hall–Kier alpha value is -1.72. The molecule has 106 valence electrons. The Kier molecular flexibility index (Phi) is 4.12. The van der Waals surface area contributed by atoms with Crippen LogP contribution in [0.25, 0.3) is 0 Å². The van der Waals surface area contributed by atoms with Crippen LogP contribution in [0.15, 0.2) is 18.2 Å². The summed E-state index contributed by atoms with van der Waals surface area (Å²) >= 11 is 0. The van der Waals surface area contributed by atoms with Crippen molar-refractivity contribution >= 4 is 11.7 Å². The number of ether oxygens (including phenoxy) is 1. The van der Waals surface area contributed by atoms with Crippen LogP contribution < -0.4 is 5.32 Å². The first kappa shape index (κ1) is 15.3. The molecular formula is C13H16F3NO2. The second-order valence-electron chi connectivity index (χ2n) is 5.01. The van der Waals surface area contributed by atoms with Crippen molar-refractivity contribution in [2.45, 2.75) is 32.5 Å². The zero-order valence-corrected chi connectivity index (χ0v) is 11.2. The Morgan fingerprint density at radius 1 is 1.21 bits per heavy atom. The molecule has 1 N–H and O–H groups in total. The fraction of sp³-hybridized carbons (Fsp3) is 0.462. The molecule has 6 heteroatoms. The molecular weight excluding hydrogens is 259 g/mol. The van der Waals surface area contributed by atoms with Gasteiger partial charge < -0.3 is 10.1 Å². The second-order valence-corrected chi connectivity index (χ2v) is 5.01. The number of benzene rings is 1. The van der Waals surface area contributed by atoms with Crippen LogP contribution in [0.2, 0.25) is 0 Å². The summed E-state index contributed by atoms with van der Waals surface area (Å²) in [5, 5.41) is 2.67. The van der Waals surface area contributed by atoms with E-state index in [9.17, 15) is 18.0 Å². The van der Waals surface area contributed by atoms with Gasteiger partial charge >= 0.3 is 12.1 Å². The van der Waals surface area contributed by atoms with Crippen LogP contribution >= 0.6 is 0 Å². The van der Waals surface area contributed by atoms with Crippen LogP contribution in [0.4, 0.5) is 18.9 Å². The lowest BCUT2D eigenvalue weighted by atomic mass is 10.1. The Morgan fingerprint density at radius 2 is 1.79 bits per heavy atom. The van der Waals surface area contributed by atoms with Crippen molar-refractivity contribution in [3.63, 3.8) is 0 Å². The van der Waals surface area contributed by atoms with Crippen LogP contribution in [-0.2, 0) is 10.9 Å². The summed E-state index contributed by atoms with van der Waals surface area (Å²) in [5.74, 6) is -0.789. The molecule has 0 atom stereocenters. The lowest BCUT2D eigenvalue weighted by Gasteiger charge is -2.21. The number of carbonyl (C=O) groups excluding carboxylic acids is 1. The Labute approximate surface area is 109 Å². The Balaban J connectivity index is 3.20. The smallest absolute Gasteiger partial charge is 0.416 e. The number of nitrogens with one attached hydrogen (secondary N) is 1. The van der Waals surface area contributed by atoms with Crippen molar-refractivity contribution in [3.05, 3.63) is 29.3 Å². The molecule has 0 saturated heterocycles. The summed E-state index contributed by atoms with van der Waals surface area (Å²) in [4.78, 5) is 11.9. The first-order valence-electron chi connectivity index (χ1n) is 5.67. The highest BCUT2D eigenvalue weighted by molar-refractivity contribution is 5.96. The normalized spacial score (nSPS) is 12.2. The minimum atomic E-state index is -4.50. The Bertz CT molecular complexity index is 476. The van der Waals surface area contributed by atoms with Crippen LogP contribution in [-0.4, -0.2) is 18.6 Å². The maximum absolute atomic E-state index is 12.6. The lowest BCUT2D eigenvalue weighted by molar-refractivity contribution is -0.137. The third kappa shape index (κ3) is 4.15. The summed E-state index contributed by atoms with van der Waals surface area (Å²) < 4.78 is 43.0. The average Bonchev–Trinajstić information content (AvgIpc) is 2.24. The van der Waals surface area contributed by atoms with Crippen molar-refractivity contribution in [1.82, 2.24) is 0 Å². The fourth-order valence-electron chi connectivity index (χ4n) is 1.44. The molecule has 19 heavy (non-hydrogen) atoms. The van der Waals surface area contributed by atoms with E-state index in [1.165, 1.54) is 13.1 Å². The van der Waals surface area contributed by atoms with Gasteiger partial charge in [0, 0.05) is 12.7 Å². The molecule has 3 nitrogen and oxygen atoms in total. The van der Waals surface area contributed by atoms with E-state index >= 15 is 0 Å². The number of rotatable bonds is 2. The average molecular weight is 275 g/mol. The summed E-state index contributed by atoms with van der Waals surface area (Å²) in [6.45, 7) is 4.95. The van der Waals surface area contributed by atoms with Crippen molar-refractivity contribution in [1.29, 1.82) is 0 Å². The van der Waals surface area contributed by atoms with Gasteiger partial charge in [0.15, 0.2) is 0 Å². The van der Waals surface area contributed by atoms with Gasteiger partial charge in [0.1, 0.15) is 5.60 Å². The molecule has 1 aromatic rings. The Morgan fingerprint density at radius 3 is 2.21 bits per heavy atom. The third-order valence-corrected chi connectivity index (χ3v) is 2.24. The maximum atomic E-state index is 12.6. The largest absolute Gasteiger partial charge is 0.456 e. The predicted octanol–water partition coefficient (Wildman–Crippen LogP) is 3.70. The summed E-state index contributed by atoms with van der Waals surface area (Å²) in [5.41, 5.74) is -1.49. The molecule has 0 heterocycles. The van der Waals surface area contributed by atoms with Gasteiger partial charge in [-0.25, -0.2) is 4.79 Å². The fourth-order valence-corrected chi connectivity index (χ4v) is 1.44. The van der Waals surface area contributed by atoms with Crippen LogP contribution in [0.3, 0.4) is 0 Å². The first-order chi connectivity index (χ1) is 8.54. The van der Waals surface area contributed by atoms with E-state index in [4.69, 9.17) is 4.74 Å². The van der Waals surface area contributed by atoms with Crippen LogP contribution in [0.1, 0.15) is 36.7 Å². The molecule has 0 aromatic heterocycles. The molecule has 0 amide bonds. The minimum Gasteiger partial charge on any atom is -0.456 e. The highest BCUT2D eigenvalue weighted by atomic mass is 19.4. The summed E-state index contributed by atoms with van der Waals surface area (Å²) in [6.07, 6.45) is -4.50. The van der Waals surface area contributed by atoms with Gasteiger partial charge in [-0.05, 0) is 39.0 Å². The van der Waals surface area contributed by atoms with Gasteiger partial charge in [0.2, 0.25) is 0 Å². The molecule has 0 radical (unpaired) electrons. The van der Waals surface area contributed by atoms with Gasteiger partial charge in [-0.2, -0.15) is 13.2 Å². The van der Waals surface area contributed by atoms with E-state index in [1.807, 2.05) is 0 Å². The van der Waals surface area contributed by atoms with E-state index in [2.05, 4.69) is 5.32 Å². The number of halogens is 3. The monoisotopic (exact) mass is 275 g/mol. The van der Waals surface area contributed by atoms with Crippen LogP contribution in [0.5, 0.6) is 0 Å². The third-order valence-electron chi connectivity index (χ3n) is 2.24. The topological polar surface area (TPSA) is 38.3 Å². The molecule has 0 fully saturated rings. The molecule has 0 aliphatic rings. The molecule has 0 spiro atoms. The first-order valence-corrected chi connectivity index (χ1v) is 5.67. The van der Waals surface area contributed by atoms with E-state index in [0.717, 1.165) is 12.1 Å². The quantitative estimate of drug-likeness (QED) is 0.836. The van der Waals surface area contributed by atoms with Gasteiger partial charge in [-0.1, -0.05) is 0 Å². The number of hydrogen-bond donors (Lipinski definition) is 1. The highest BCUT2D eigenvalue weighted by Gasteiger charge is 2.32. The lowest BCUT2D eigenvalue weighted by Crippen LogP contribution is -2.24. The SMILES string of the molecule is CNc1ccc(C(F)(F)F)cc1C(=O)OC(C)(C)C. The number of alkyl halides is 3. The standard InChI is InChI=1S/C13H16F3NO2/c1-12(2,3)19-11(18)9-7-8(13(14,15)16)5-6-10(9)17-4/h5-7,17H,1-4H3. The molecule has 0 aliphatic heterocycles. The van der Waals surface area contributed by atoms with E-state index in [1.54, 1.807) is 20.8 Å². The number of esters is 1. The van der Waals surface area contributed by atoms with Gasteiger partial charge in [-0.15, -0.1) is 0 Å². The summed E-state index contributed by atoms with van der Waals surface area (Å²) in [7, 11) is 1.52. The van der Waals surface area contributed by atoms with Gasteiger partial charge in [0.25, 0.3) is 0 Å². The number of anilines is 1. The van der Waals surface area contributed by atoms with Crippen molar-refractivity contribution in [2.24, 2.45) is 0 Å². The number of hydrogen-bond acceptors (Lipinski definition) is 3. The van der Waals surface area contributed by atoms with Crippen molar-refractivity contribution in [3.8, 4) is 0 Å².